The largest absolute Gasteiger partial charge is 0.372 e. The van der Waals surface area contributed by atoms with Crippen molar-refractivity contribution in [3.63, 3.8) is 0 Å². The van der Waals surface area contributed by atoms with Gasteiger partial charge in [0, 0.05) is 49.4 Å². The molecular weight excluding hydrogens is 457 g/mol. The number of fused-ring (bicyclic) bond motifs is 1. The van der Waals surface area contributed by atoms with Gasteiger partial charge in [0.25, 0.3) is 0 Å². The highest BCUT2D eigenvalue weighted by Gasteiger charge is 2.19. The Morgan fingerprint density at radius 2 is 1.94 bits per heavy atom. The van der Waals surface area contributed by atoms with Gasteiger partial charge in [-0.05, 0) is 37.1 Å². The number of nitrogens with zero attached hydrogens (tertiary/aromatic N) is 4. The molecule has 0 bridgehead atoms. The smallest absolute Gasteiger partial charge is 0.229 e. The lowest BCUT2D eigenvalue weighted by Crippen LogP contribution is -2.18. The standard InChI is InChI=1S/C23H24FN7O2S/c1-25-22-18(20-17-6-5-7-19(24)21(17)30-29-20)13-26-23(28-22)27-14-10-15(31-8-3-4-9-31)12-16(11-14)34(2,32)33/h5-7,10-13H,3-4,8-9H2,1-2H3,(H,29,30)(H2,25,26,27,28). The molecule has 0 saturated carbocycles. The molecule has 2 aromatic heterocycles. The van der Waals surface area contributed by atoms with Crippen molar-refractivity contribution in [3.05, 3.63) is 48.4 Å². The third kappa shape index (κ3) is 4.14. The number of hydrogen-bond acceptors (Lipinski definition) is 8. The van der Waals surface area contributed by atoms with Gasteiger partial charge in [0.05, 0.1) is 10.5 Å². The van der Waals surface area contributed by atoms with Gasteiger partial charge in [-0.25, -0.2) is 17.8 Å². The summed E-state index contributed by atoms with van der Waals surface area (Å²) in [4.78, 5) is 11.4. The average Bonchev–Trinajstić information content (AvgIpc) is 3.49. The number of anilines is 4. The van der Waals surface area contributed by atoms with Crippen molar-refractivity contribution in [2.75, 3.05) is 41.9 Å². The number of sulfone groups is 1. The lowest BCUT2D eigenvalue weighted by molar-refractivity contribution is 0.602. The summed E-state index contributed by atoms with van der Waals surface area (Å²) in [5.41, 5.74) is 2.87. The van der Waals surface area contributed by atoms with Gasteiger partial charge in [-0.1, -0.05) is 12.1 Å². The van der Waals surface area contributed by atoms with E-state index in [2.05, 4.69) is 35.7 Å². The molecule has 9 nitrogen and oxygen atoms in total. The summed E-state index contributed by atoms with van der Waals surface area (Å²) >= 11 is 0. The van der Waals surface area contributed by atoms with E-state index in [9.17, 15) is 12.8 Å². The molecule has 0 aliphatic carbocycles. The lowest BCUT2D eigenvalue weighted by Gasteiger charge is -2.20. The lowest BCUT2D eigenvalue weighted by atomic mass is 10.1. The van der Waals surface area contributed by atoms with Crippen molar-refractivity contribution in [2.45, 2.75) is 17.7 Å². The van der Waals surface area contributed by atoms with E-state index in [-0.39, 0.29) is 16.7 Å². The minimum Gasteiger partial charge on any atom is -0.372 e. The molecule has 3 N–H and O–H groups in total. The number of benzene rings is 2. The SMILES string of the molecule is CNc1nc(Nc2cc(N3CCCC3)cc(S(C)(=O)=O)c2)ncc1-c1n[nH]c2c(F)cccc12. The second-order valence-corrected chi connectivity index (χ2v) is 10.3. The van der Waals surface area contributed by atoms with Crippen LogP contribution < -0.4 is 15.5 Å². The molecule has 0 spiro atoms. The summed E-state index contributed by atoms with van der Waals surface area (Å²) in [6, 6.07) is 9.96. The van der Waals surface area contributed by atoms with E-state index < -0.39 is 9.84 Å². The molecule has 0 atom stereocenters. The molecule has 0 radical (unpaired) electrons. The maximum absolute atomic E-state index is 14.1. The maximum atomic E-state index is 14.1. The van der Waals surface area contributed by atoms with E-state index in [1.807, 2.05) is 6.07 Å². The monoisotopic (exact) mass is 481 g/mol. The van der Waals surface area contributed by atoms with E-state index in [0.29, 0.717) is 33.7 Å². The molecule has 1 saturated heterocycles. The van der Waals surface area contributed by atoms with Crippen LogP contribution in [0, 0.1) is 5.82 Å². The molecule has 1 fully saturated rings. The highest BCUT2D eigenvalue weighted by Crippen LogP contribution is 2.33. The van der Waals surface area contributed by atoms with Gasteiger partial charge in [0.15, 0.2) is 9.84 Å². The Bertz CT molecular complexity index is 1480. The molecular formula is C23H24FN7O2S. The molecule has 34 heavy (non-hydrogen) atoms. The number of halogens is 1. The van der Waals surface area contributed by atoms with Crippen molar-refractivity contribution >= 4 is 43.9 Å². The zero-order valence-corrected chi connectivity index (χ0v) is 19.6. The number of aromatic amines is 1. The van der Waals surface area contributed by atoms with E-state index in [4.69, 9.17) is 0 Å². The van der Waals surface area contributed by atoms with Crippen molar-refractivity contribution in [2.24, 2.45) is 0 Å². The van der Waals surface area contributed by atoms with Crippen LogP contribution in [0.1, 0.15) is 12.8 Å². The number of nitrogens with one attached hydrogen (secondary N) is 3. The van der Waals surface area contributed by atoms with Crippen LogP contribution in [0.25, 0.3) is 22.2 Å². The summed E-state index contributed by atoms with van der Waals surface area (Å²) in [6.45, 7) is 1.78. The zero-order valence-electron chi connectivity index (χ0n) is 18.8. The quantitative estimate of drug-likeness (QED) is 0.379. The van der Waals surface area contributed by atoms with E-state index in [1.165, 1.54) is 12.3 Å². The fourth-order valence-corrected chi connectivity index (χ4v) is 4.85. The Morgan fingerprint density at radius 3 is 2.68 bits per heavy atom. The van der Waals surface area contributed by atoms with Crippen molar-refractivity contribution in [1.29, 1.82) is 0 Å². The van der Waals surface area contributed by atoms with Crippen molar-refractivity contribution in [3.8, 4) is 11.3 Å². The first-order valence-electron chi connectivity index (χ1n) is 10.9. The van der Waals surface area contributed by atoms with Crippen LogP contribution in [0.15, 0.2) is 47.5 Å². The minimum absolute atomic E-state index is 0.231. The Balaban J connectivity index is 1.52. The predicted octanol–water partition coefficient (Wildman–Crippen LogP) is 3.95. The third-order valence-corrected chi connectivity index (χ3v) is 6.97. The number of aromatic nitrogens is 4. The van der Waals surface area contributed by atoms with Crippen molar-refractivity contribution < 1.29 is 12.8 Å². The molecule has 4 aromatic rings. The van der Waals surface area contributed by atoms with E-state index in [0.717, 1.165) is 31.6 Å². The predicted molar refractivity (Wildman–Crippen MR) is 131 cm³/mol. The first-order valence-corrected chi connectivity index (χ1v) is 12.8. The van der Waals surface area contributed by atoms with Gasteiger partial charge in [0.2, 0.25) is 5.95 Å². The summed E-state index contributed by atoms with van der Waals surface area (Å²) in [5.74, 6) is 0.396. The fourth-order valence-electron chi connectivity index (χ4n) is 4.17. The number of para-hydroxylation sites is 1. The summed E-state index contributed by atoms with van der Waals surface area (Å²) in [6.07, 6.45) is 4.95. The number of H-pyrrole nitrogens is 1. The highest BCUT2D eigenvalue weighted by molar-refractivity contribution is 7.90. The second kappa shape index (κ2) is 8.56. The van der Waals surface area contributed by atoms with Gasteiger partial charge in [-0.2, -0.15) is 10.1 Å². The molecule has 0 amide bonds. The molecule has 176 valence electrons. The Hall–Kier alpha value is -3.73. The highest BCUT2D eigenvalue weighted by atomic mass is 32.2. The zero-order chi connectivity index (χ0) is 23.9. The van der Waals surface area contributed by atoms with Crippen LogP contribution in [-0.4, -0.2) is 55.0 Å². The number of rotatable bonds is 6. The Labute approximate surface area is 196 Å². The summed E-state index contributed by atoms with van der Waals surface area (Å²) in [7, 11) is -1.68. The van der Waals surface area contributed by atoms with Gasteiger partial charge < -0.3 is 15.5 Å². The van der Waals surface area contributed by atoms with Gasteiger partial charge >= 0.3 is 0 Å². The molecule has 1 aliphatic rings. The summed E-state index contributed by atoms with van der Waals surface area (Å²) in [5, 5.41) is 13.8. The topological polar surface area (TPSA) is 116 Å². The molecule has 5 rings (SSSR count). The van der Waals surface area contributed by atoms with Crippen molar-refractivity contribution in [1.82, 2.24) is 20.2 Å². The van der Waals surface area contributed by atoms with Crippen LogP contribution in [0.4, 0.5) is 27.5 Å². The number of hydrogen-bond donors (Lipinski definition) is 3. The average molecular weight is 482 g/mol. The van der Waals surface area contributed by atoms with Gasteiger partial charge in [-0.3, -0.25) is 5.10 Å². The van der Waals surface area contributed by atoms with Crippen LogP contribution in [-0.2, 0) is 9.84 Å². The van der Waals surface area contributed by atoms with Crippen LogP contribution in [0.2, 0.25) is 0 Å². The molecule has 11 heteroatoms. The van der Waals surface area contributed by atoms with Crippen LogP contribution in [0.3, 0.4) is 0 Å². The normalized spacial score (nSPS) is 14.0. The first kappa shape index (κ1) is 22.1. The molecule has 1 aliphatic heterocycles. The summed E-state index contributed by atoms with van der Waals surface area (Å²) < 4.78 is 38.7. The molecule has 2 aromatic carbocycles. The second-order valence-electron chi connectivity index (χ2n) is 8.25. The van der Waals surface area contributed by atoms with Gasteiger partial charge in [0.1, 0.15) is 22.8 Å². The van der Waals surface area contributed by atoms with Crippen LogP contribution in [0.5, 0.6) is 0 Å². The minimum atomic E-state index is -3.41. The van der Waals surface area contributed by atoms with Gasteiger partial charge in [-0.15, -0.1) is 0 Å². The Kier molecular flexibility index (Phi) is 5.56. The molecule has 3 heterocycles. The third-order valence-electron chi connectivity index (χ3n) is 5.88. The van der Waals surface area contributed by atoms with Crippen LogP contribution >= 0.6 is 0 Å². The maximum Gasteiger partial charge on any atom is 0.229 e. The van der Waals surface area contributed by atoms with E-state index >= 15 is 0 Å². The molecule has 0 unspecified atom stereocenters. The Morgan fingerprint density at radius 1 is 1.15 bits per heavy atom. The fraction of sp³-hybridized carbons (Fsp3) is 0.261. The first-order chi connectivity index (χ1) is 16.3. The van der Waals surface area contributed by atoms with E-state index in [1.54, 1.807) is 37.5 Å².